The number of anilines is 1. The summed E-state index contributed by atoms with van der Waals surface area (Å²) in [5.74, 6) is 2.45. The fourth-order valence-corrected chi connectivity index (χ4v) is 4.02. The predicted molar refractivity (Wildman–Crippen MR) is 81.7 cm³/mol. The van der Waals surface area contributed by atoms with Gasteiger partial charge in [0.05, 0.1) is 0 Å². The number of amides is 2. The van der Waals surface area contributed by atoms with Crippen molar-refractivity contribution in [3.05, 3.63) is 29.8 Å². The Hall–Kier alpha value is -1.51. The summed E-state index contributed by atoms with van der Waals surface area (Å²) >= 11 is 0. The van der Waals surface area contributed by atoms with E-state index in [1.807, 2.05) is 31.2 Å². The molecule has 1 aromatic carbocycles. The summed E-state index contributed by atoms with van der Waals surface area (Å²) in [6, 6.07) is 8.10. The van der Waals surface area contributed by atoms with Gasteiger partial charge in [-0.05, 0) is 63.0 Å². The maximum Gasteiger partial charge on any atom is 0.319 e. The zero-order valence-corrected chi connectivity index (χ0v) is 12.4. The summed E-state index contributed by atoms with van der Waals surface area (Å²) in [5, 5.41) is 6.04. The molecule has 2 amide bonds. The van der Waals surface area contributed by atoms with Gasteiger partial charge >= 0.3 is 6.03 Å². The van der Waals surface area contributed by atoms with Crippen LogP contribution in [0, 0.1) is 24.7 Å². The fourth-order valence-electron chi connectivity index (χ4n) is 4.02. The lowest BCUT2D eigenvalue weighted by atomic mass is 9.84. The van der Waals surface area contributed by atoms with Crippen molar-refractivity contribution in [1.82, 2.24) is 5.32 Å². The van der Waals surface area contributed by atoms with E-state index in [1.165, 1.54) is 31.2 Å². The van der Waals surface area contributed by atoms with E-state index in [0.29, 0.717) is 5.92 Å². The van der Waals surface area contributed by atoms with E-state index in [1.54, 1.807) is 0 Å². The van der Waals surface area contributed by atoms with Crippen molar-refractivity contribution in [3.8, 4) is 0 Å². The molecular weight excluding hydrogens is 248 g/mol. The van der Waals surface area contributed by atoms with E-state index in [4.69, 9.17) is 0 Å². The van der Waals surface area contributed by atoms with E-state index in [9.17, 15) is 4.79 Å². The normalized spacial score (nSPS) is 29.2. The zero-order valence-electron chi connectivity index (χ0n) is 12.4. The number of hydrogen-bond acceptors (Lipinski definition) is 1. The molecule has 0 saturated heterocycles. The van der Waals surface area contributed by atoms with Crippen molar-refractivity contribution < 1.29 is 4.79 Å². The average molecular weight is 272 g/mol. The molecule has 0 spiro atoms. The Bertz CT molecular complexity index is 482. The molecule has 0 heterocycles. The highest BCUT2D eigenvalue weighted by Gasteiger charge is 2.42. The molecule has 2 aliphatic carbocycles. The van der Waals surface area contributed by atoms with E-state index in [-0.39, 0.29) is 12.1 Å². The number of benzene rings is 1. The number of nitrogens with one attached hydrogen (secondary N) is 2. The SMILES string of the molecule is Cc1ccc(NC(=O)NC(C)C2CC3CCC2C3)cc1. The lowest BCUT2D eigenvalue weighted by Crippen LogP contribution is -2.42. The smallest absolute Gasteiger partial charge is 0.319 e. The lowest BCUT2D eigenvalue weighted by Gasteiger charge is -2.28. The number of carbonyl (C=O) groups excluding carboxylic acids is 1. The standard InChI is InChI=1S/C17H24N2O/c1-11-3-7-15(8-4-11)19-17(20)18-12(2)16-10-13-5-6-14(16)9-13/h3-4,7-8,12-14,16H,5-6,9-10H2,1-2H3,(H2,18,19,20). The molecule has 2 saturated carbocycles. The first-order valence-electron chi connectivity index (χ1n) is 7.76. The third kappa shape index (κ3) is 2.82. The van der Waals surface area contributed by atoms with Gasteiger partial charge < -0.3 is 10.6 Å². The van der Waals surface area contributed by atoms with Crippen LogP contribution in [0.2, 0.25) is 0 Å². The third-order valence-electron chi connectivity index (χ3n) is 5.10. The summed E-state index contributed by atoms with van der Waals surface area (Å²) in [4.78, 5) is 12.0. The van der Waals surface area contributed by atoms with Crippen molar-refractivity contribution >= 4 is 11.7 Å². The maximum absolute atomic E-state index is 12.0. The van der Waals surface area contributed by atoms with Gasteiger partial charge in [0.2, 0.25) is 0 Å². The number of fused-ring (bicyclic) bond motifs is 2. The van der Waals surface area contributed by atoms with Crippen LogP contribution in [-0.4, -0.2) is 12.1 Å². The summed E-state index contributed by atoms with van der Waals surface area (Å²) in [7, 11) is 0. The number of aryl methyl sites for hydroxylation is 1. The second-order valence-corrected chi connectivity index (χ2v) is 6.59. The number of carbonyl (C=O) groups is 1. The van der Waals surface area contributed by atoms with Crippen LogP contribution in [0.1, 0.15) is 38.2 Å². The molecule has 0 aromatic heterocycles. The number of urea groups is 1. The van der Waals surface area contributed by atoms with Gasteiger partial charge in [-0.3, -0.25) is 0 Å². The second-order valence-electron chi connectivity index (χ2n) is 6.59. The van der Waals surface area contributed by atoms with Gasteiger partial charge in [-0.15, -0.1) is 0 Å². The summed E-state index contributed by atoms with van der Waals surface area (Å²) in [6.45, 7) is 4.20. The maximum atomic E-state index is 12.0. The van der Waals surface area contributed by atoms with Crippen LogP contribution in [0.4, 0.5) is 10.5 Å². The van der Waals surface area contributed by atoms with Crippen LogP contribution in [0.25, 0.3) is 0 Å². The first-order chi connectivity index (χ1) is 9.61. The molecule has 2 fully saturated rings. The molecule has 3 nitrogen and oxygen atoms in total. The van der Waals surface area contributed by atoms with Crippen LogP contribution in [-0.2, 0) is 0 Å². The monoisotopic (exact) mass is 272 g/mol. The minimum atomic E-state index is -0.0795. The molecule has 2 bridgehead atoms. The van der Waals surface area contributed by atoms with E-state index in [0.717, 1.165) is 17.5 Å². The number of rotatable bonds is 3. The van der Waals surface area contributed by atoms with Gasteiger partial charge in [0.25, 0.3) is 0 Å². The van der Waals surface area contributed by atoms with Crippen molar-refractivity contribution in [1.29, 1.82) is 0 Å². The Morgan fingerprint density at radius 2 is 1.95 bits per heavy atom. The lowest BCUT2D eigenvalue weighted by molar-refractivity contribution is 0.230. The van der Waals surface area contributed by atoms with Crippen molar-refractivity contribution in [3.63, 3.8) is 0 Å². The predicted octanol–water partition coefficient (Wildman–Crippen LogP) is 3.94. The molecule has 0 aliphatic heterocycles. The molecule has 3 heteroatoms. The van der Waals surface area contributed by atoms with Crippen LogP contribution < -0.4 is 10.6 Å². The summed E-state index contributed by atoms with van der Waals surface area (Å²) < 4.78 is 0. The molecule has 0 radical (unpaired) electrons. The van der Waals surface area contributed by atoms with Crippen LogP contribution in [0.3, 0.4) is 0 Å². The van der Waals surface area contributed by atoms with Gasteiger partial charge in [-0.1, -0.05) is 24.1 Å². The Morgan fingerprint density at radius 3 is 2.55 bits per heavy atom. The summed E-state index contributed by atoms with van der Waals surface area (Å²) in [6.07, 6.45) is 5.46. The zero-order chi connectivity index (χ0) is 14.1. The van der Waals surface area contributed by atoms with Gasteiger partial charge in [0, 0.05) is 11.7 Å². The highest BCUT2D eigenvalue weighted by molar-refractivity contribution is 5.89. The Balaban J connectivity index is 1.52. The topological polar surface area (TPSA) is 41.1 Å². The Kier molecular flexibility index (Phi) is 3.68. The van der Waals surface area contributed by atoms with Gasteiger partial charge in [0.15, 0.2) is 0 Å². The Labute approximate surface area is 121 Å². The van der Waals surface area contributed by atoms with Gasteiger partial charge in [-0.2, -0.15) is 0 Å². The molecule has 108 valence electrons. The molecule has 4 atom stereocenters. The second kappa shape index (κ2) is 5.47. The Morgan fingerprint density at radius 1 is 1.20 bits per heavy atom. The van der Waals surface area contributed by atoms with Crippen molar-refractivity contribution in [2.24, 2.45) is 17.8 Å². The quantitative estimate of drug-likeness (QED) is 0.859. The fraction of sp³-hybridized carbons (Fsp3) is 0.588. The summed E-state index contributed by atoms with van der Waals surface area (Å²) in [5.41, 5.74) is 2.06. The first kappa shape index (κ1) is 13.5. The van der Waals surface area contributed by atoms with E-state index in [2.05, 4.69) is 17.6 Å². The first-order valence-corrected chi connectivity index (χ1v) is 7.76. The van der Waals surface area contributed by atoms with Crippen LogP contribution >= 0.6 is 0 Å². The molecule has 20 heavy (non-hydrogen) atoms. The van der Waals surface area contributed by atoms with Gasteiger partial charge in [0.1, 0.15) is 0 Å². The van der Waals surface area contributed by atoms with E-state index >= 15 is 0 Å². The molecule has 4 unspecified atom stereocenters. The van der Waals surface area contributed by atoms with Crippen LogP contribution in [0.5, 0.6) is 0 Å². The third-order valence-corrected chi connectivity index (χ3v) is 5.10. The number of hydrogen-bond donors (Lipinski definition) is 2. The van der Waals surface area contributed by atoms with Gasteiger partial charge in [-0.25, -0.2) is 4.79 Å². The molecular formula is C17H24N2O. The minimum Gasteiger partial charge on any atom is -0.335 e. The molecule has 1 aromatic rings. The highest BCUT2D eigenvalue weighted by atomic mass is 16.2. The average Bonchev–Trinajstić information content (AvgIpc) is 3.03. The van der Waals surface area contributed by atoms with Crippen LogP contribution in [0.15, 0.2) is 24.3 Å². The minimum absolute atomic E-state index is 0.0795. The molecule has 2 aliphatic rings. The largest absolute Gasteiger partial charge is 0.335 e. The van der Waals surface area contributed by atoms with Crippen molar-refractivity contribution in [2.75, 3.05) is 5.32 Å². The van der Waals surface area contributed by atoms with E-state index < -0.39 is 0 Å². The highest BCUT2D eigenvalue weighted by Crippen LogP contribution is 2.49. The molecule has 3 rings (SSSR count). The molecule has 2 N–H and O–H groups in total. The van der Waals surface area contributed by atoms with Crippen molar-refractivity contribution in [2.45, 2.75) is 45.6 Å².